The molecule has 7 heteroatoms. The first-order valence-corrected chi connectivity index (χ1v) is 8.07. The third-order valence-corrected chi connectivity index (χ3v) is 3.89. The lowest BCUT2D eigenvalue weighted by molar-refractivity contribution is 0.249. The largest absolute Gasteiger partial charge is 0.466 e. The van der Waals surface area contributed by atoms with Crippen LogP contribution in [0.4, 0.5) is 10.5 Å². The number of furan rings is 1. The maximum atomic E-state index is 12.3. The zero-order valence-corrected chi connectivity index (χ0v) is 14.5. The van der Waals surface area contributed by atoms with Crippen LogP contribution in [0.25, 0.3) is 0 Å². The van der Waals surface area contributed by atoms with Crippen LogP contribution in [0.3, 0.4) is 0 Å². The van der Waals surface area contributed by atoms with Crippen LogP contribution in [0.2, 0.25) is 0 Å². The number of carbonyl (C=O) groups is 1. The van der Waals surface area contributed by atoms with Gasteiger partial charge in [-0.05, 0) is 44.5 Å². The smallest absolute Gasteiger partial charge is 0.319 e. The van der Waals surface area contributed by atoms with Gasteiger partial charge in [0.1, 0.15) is 24.2 Å². The number of rotatable bonds is 5. The van der Waals surface area contributed by atoms with Crippen molar-refractivity contribution in [2.75, 3.05) is 5.32 Å². The molecule has 3 rings (SSSR count). The van der Waals surface area contributed by atoms with Gasteiger partial charge in [0.2, 0.25) is 0 Å². The Kier molecular flexibility index (Phi) is 4.83. The predicted molar refractivity (Wildman–Crippen MR) is 94.3 cm³/mol. The Morgan fingerprint density at radius 3 is 2.84 bits per heavy atom. The Bertz CT molecular complexity index is 854. The first kappa shape index (κ1) is 16.8. The van der Waals surface area contributed by atoms with Gasteiger partial charge in [-0.3, -0.25) is 0 Å². The second kappa shape index (κ2) is 7.21. The lowest BCUT2D eigenvalue weighted by Crippen LogP contribution is -2.31. The molecule has 0 aliphatic heterocycles. The molecule has 0 bridgehead atoms. The molecule has 2 aromatic heterocycles. The number of nitrogens with zero attached hydrogens (tertiary/aromatic N) is 3. The summed E-state index contributed by atoms with van der Waals surface area (Å²) >= 11 is 0. The molecule has 0 saturated carbocycles. The lowest BCUT2D eigenvalue weighted by atomic mass is 10.1. The minimum Gasteiger partial charge on any atom is -0.466 e. The molecule has 0 saturated heterocycles. The second-order valence-electron chi connectivity index (χ2n) is 5.98. The van der Waals surface area contributed by atoms with E-state index in [-0.39, 0.29) is 12.1 Å². The fourth-order valence-corrected chi connectivity index (χ4v) is 2.77. The van der Waals surface area contributed by atoms with Crippen molar-refractivity contribution in [1.82, 2.24) is 20.1 Å². The maximum Gasteiger partial charge on any atom is 0.319 e. The zero-order valence-electron chi connectivity index (χ0n) is 14.5. The predicted octanol–water partition coefficient (Wildman–Crippen LogP) is 3.42. The van der Waals surface area contributed by atoms with Crippen LogP contribution < -0.4 is 10.6 Å². The van der Waals surface area contributed by atoms with Crippen molar-refractivity contribution in [3.8, 4) is 0 Å². The summed E-state index contributed by atoms with van der Waals surface area (Å²) in [5.41, 5.74) is 2.73. The van der Waals surface area contributed by atoms with Crippen LogP contribution in [0, 0.1) is 13.8 Å². The molecule has 0 aliphatic rings. The van der Waals surface area contributed by atoms with E-state index in [4.69, 9.17) is 4.42 Å². The third kappa shape index (κ3) is 4.26. The normalized spacial score (nSPS) is 12.0. The van der Waals surface area contributed by atoms with Gasteiger partial charge >= 0.3 is 6.03 Å². The van der Waals surface area contributed by atoms with Gasteiger partial charge in [-0.1, -0.05) is 12.1 Å². The molecular weight excluding hydrogens is 318 g/mol. The molecule has 0 unspecified atom stereocenters. The van der Waals surface area contributed by atoms with E-state index in [2.05, 4.69) is 20.7 Å². The Morgan fingerprint density at radius 2 is 2.16 bits per heavy atom. The fourth-order valence-electron chi connectivity index (χ4n) is 2.77. The molecule has 3 aromatic rings. The molecule has 2 heterocycles. The monoisotopic (exact) mass is 339 g/mol. The molecule has 0 aliphatic carbocycles. The van der Waals surface area contributed by atoms with Gasteiger partial charge in [-0.15, -0.1) is 0 Å². The molecular formula is C18H21N5O2. The third-order valence-electron chi connectivity index (χ3n) is 3.89. The fraction of sp³-hybridized carbons (Fsp3) is 0.278. The van der Waals surface area contributed by atoms with Gasteiger partial charge < -0.3 is 15.1 Å². The quantitative estimate of drug-likeness (QED) is 0.746. The Balaban J connectivity index is 1.62. The van der Waals surface area contributed by atoms with E-state index in [1.54, 1.807) is 11.0 Å². The number of hydrogen-bond donors (Lipinski definition) is 2. The topological polar surface area (TPSA) is 85.0 Å². The van der Waals surface area contributed by atoms with Gasteiger partial charge in [0, 0.05) is 11.3 Å². The summed E-state index contributed by atoms with van der Waals surface area (Å²) in [5, 5.41) is 9.87. The van der Waals surface area contributed by atoms with Gasteiger partial charge in [-0.2, -0.15) is 5.10 Å². The van der Waals surface area contributed by atoms with Gasteiger partial charge in [0.05, 0.1) is 12.6 Å². The highest BCUT2D eigenvalue weighted by Gasteiger charge is 2.15. The highest BCUT2D eigenvalue weighted by Crippen LogP contribution is 2.21. The molecule has 2 N–H and O–H groups in total. The number of hydrogen-bond acceptors (Lipinski definition) is 4. The molecule has 1 atom stereocenters. The molecule has 2 amide bonds. The van der Waals surface area contributed by atoms with Crippen molar-refractivity contribution in [1.29, 1.82) is 0 Å². The van der Waals surface area contributed by atoms with E-state index in [0.29, 0.717) is 6.54 Å². The average Bonchev–Trinajstić information content (AvgIpc) is 3.16. The number of urea groups is 1. The Hall–Kier alpha value is -3.09. The number of benzene rings is 1. The lowest BCUT2D eigenvalue weighted by Gasteiger charge is -2.14. The summed E-state index contributed by atoms with van der Waals surface area (Å²) in [6.45, 7) is 6.31. The summed E-state index contributed by atoms with van der Waals surface area (Å²) < 4.78 is 7.24. The summed E-state index contributed by atoms with van der Waals surface area (Å²) in [7, 11) is 0. The Labute approximate surface area is 146 Å². The summed E-state index contributed by atoms with van der Waals surface area (Å²) in [5.74, 6) is 1.66. The van der Waals surface area contributed by atoms with Crippen LogP contribution in [0.15, 0.2) is 47.4 Å². The van der Waals surface area contributed by atoms with E-state index in [1.807, 2.05) is 51.1 Å². The van der Waals surface area contributed by atoms with Crippen molar-refractivity contribution < 1.29 is 9.21 Å². The van der Waals surface area contributed by atoms with Crippen LogP contribution in [0.5, 0.6) is 0 Å². The number of nitrogens with one attached hydrogen (secondary N) is 2. The highest BCUT2D eigenvalue weighted by atomic mass is 16.3. The first-order chi connectivity index (χ1) is 12.0. The van der Waals surface area contributed by atoms with Crippen molar-refractivity contribution >= 4 is 11.7 Å². The minimum atomic E-state index is -0.261. The van der Waals surface area contributed by atoms with Crippen LogP contribution in [0.1, 0.15) is 35.6 Å². The summed E-state index contributed by atoms with van der Waals surface area (Å²) in [6, 6.07) is 9.18. The number of aryl methyl sites for hydroxylation is 2. The van der Waals surface area contributed by atoms with Crippen LogP contribution >= 0.6 is 0 Å². The molecule has 7 nitrogen and oxygen atoms in total. The number of amides is 2. The van der Waals surface area contributed by atoms with E-state index >= 15 is 0 Å². The van der Waals surface area contributed by atoms with Crippen molar-refractivity contribution in [3.63, 3.8) is 0 Å². The minimum absolute atomic E-state index is 0.143. The number of aromatic nitrogens is 3. The van der Waals surface area contributed by atoms with Crippen molar-refractivity contribution in [3.05, 3.63) is 65.6 Å². The van der Waals surface area contributed by atoms with Crippen molar-refractivity contribution in [2.45, 2.75) is 33.4 Å². The molecule has 0 radical (unpaired) electrons. The number of anilines is 1. The standard InChI is InChI=1S/C18H21N5O2/c1-12-7-17(14(3)25-12)13(2)21-18(24)22-16-6-4-5-15(8-16)9-23-11-19-10-20-23/h4-8,10-11,13H,9H2,1-3H3,(H2,21,22,24)/t13-/m1/s1. The second-order valence-corrected chi connectivity index (χ2v) is 5.98. The van der Waals surface area contributed by atoms with Crippen LogP contribution in [-0.4, -0.2) is 20.8 Å². The molecule has 130 valence electrons. The van der Waals surface area contributed by atoms with E-state index in [0.717, 1.165) is 28.3 Å². The first-order valence-electron chi connectivity index (χ1n) is 8.07. The Morgan fingerprint density at radius 1 is 1.32 bits per heavy atom. The van der Waals surface area contributed by atoms with Crippen LogP contribution in [-0.2, 0) is 6.54 Å². The van der Waals surface area contributed by atoms with E-state index < -0.39 is 0 Å². The zero-order chi connectivity index (χ0) is 17.8. The highest BCUT2D eigenvalue weighted by molar-refractivity contribution is 5.89. The molecule has 25 heavy (non-hydrogen) atoms. The van der Waals surface area contributed by atoms with E-state index in [9.17, 15) is 4.79 Å². The molecule has 1 aromatic carbocycles. The van der Waals surface area contributed by atoms with Gasteiger partial charge in [-0.25, -0.2) is 14.5 Å². The van der Waals surface area contributed by atoms with E-state index in [1.165, 1.54) is 6.33 Å². The van der Waals surface area contributed by atoms with Crippen molar-refractivity contribution in [2.24, 2.45) is 0 Å². The molecule has 0 spiro atoms. The van der Waals surface area contributed by atoms with Gasteiger partial charge in [0.25, 0.3) is 0 Å². The summed E-state index contributed by atoms with van der Waals surface area (Å²) in [4.78, 5) is 16.2. The molecule has 0 fully saturated rings. The van der Waals surface area contributed by atoms with Gasteiger partial charge in [0.15, 0.2) is 0 Å². The summed E-state index contributed by atoms with van der Waals surface area (Å²) in [6.07, 6.45) is 3.15. The SMILES string of the molecule is Cc1cc([C@@H](C)NC(=O)Nc2cccc(Cn3cncn3)c2)c(C)o1. The average molecular weight is 339 g/mol. The maximum absolute atomic E-state index is 12.3. The number of carbonyl (C=O) groups excluding carboxylic acids is 1.